The molecule has 0 atom stereocenters. The van der Waals surface area contributed by atoms with E-state index in [0.717, 1.165) is 18.4 Å². The molecule has 2 heterocycles. The van der Waals surface area contributed by atoms with Crippen LogP contribution >= 0.6 is 0 Å². The van der Waals surface area contributed by atoms with E-state index in [1.807, 2.05) is 25.1 Å². The smallest absolute Gasteiger partial charge is 0.274 e. The van der Waals surface area contributed by atoms with Gasteiger partial charge in [-0.2, -0.15) is 0 Å². The van der Waals surface area contributed by atoms with Crippen LogP contribution in [-0.4, -0.2) is 41.0 Å². The quantitative estimate of drug-likeness (QED) is 0.873. The van der Waals surface area contributed by atoms with E-state index in [1.54, 1.807) is 18.0 Å². The summed E-state index contributed by atoms with van der Waals surface area (Å²) >= 11 is 0. The number of carbonyl (C=O) groups is 2. The third-order valence-electron chi connectivity index (χ3n) is 4.46. The van der Waals surface area contributed by atoms with Crippen molar-refractivity contribution < 1.29 is 14.3 Å². The summed E-state index contributed by atoms with van der Waals surface area (Å²) in [4.78, 5) is 38.8. The average Bonchev–Trinajstić information content (AvgIpc) is 3.18. The summed E-state index contributed by atoms with van der Waals surface area (Å²) < 4.78 is 6.76. The van der Waals surface area contributed by atoms with Gasteiger partial charge in [0.25, 0.3) is 17.4 Å². The van der Waals surface area contributed by atoms with Gasteiger partial charge in [-0.3, -0.25) is 14.4 Å². The molecule has 0 aliphatic carbocycles. The highest BCUT2D eigenvalue weighted by molar-refractivity contribution is 5.97. The second-order valence-corrected chi connectivity index (χ2v) is 6.71. The second-order valence-electron chi connectivity index (χ2n) is 6.71. The Kier molecular flexibility index (Phi) is 5.59. The number of benzene rings is 1. The summed E-state index contributed by atoms with van der Waals surface area (Å²) in [6.45, 7) is 3.14. The fraction of sp³-hybridized carbons (Fsp3) is 0.350. The Bertz CT molecular complexity index is 914. The molecule has 0 saturated carbocycles. The van der Waals surface area contributed by atoms with Crippen molar-refractivity contribution in [1.82, 2.24) is 9.47 Å². The lowest BCUT2D eigenvalue weighted by molar-refractivity contribution is -0.118. The van der Waals surface area contributed by atoms with Gasteiger partial charge in [-0.05, 0) is 43.5 Å². The monoisotopic (exact) mass is 369 g/mol. The SMILES string of the molecule is Cc1cccc(OCC(=O)Nc2cc(C(=O)N3CCCC3)cn(C)c2=O)c1. The minimum atomic E-state index is -0.459. The molecule has 1 aliphatic heterocycles. The Morgan fingerprint density at radius 1 is 1.19 bits per heavy atom. The molecule has 1 N–H and O–H groups in total. The number of ether oxygens (including phenoxy) is 1. The molecule has 0 spiro atoms. The molecular formula is C20H23N3O4. The molecule has 7 heteroatoms. The van der Waals surface area contributed by atoms with Gasteiger partial charge < -0.3 is 19.5 Å². The fourth-order valence-electron chi connectivity index (χ4n) is 3.06. The van der Waals surface area contributed by atoms with E-state index in [4.69, 9.17) is 4.74 Å². The Morgan fingerprint density at radius 2 is 1.93 bits per heavy atom. The molecule has 0 radical (unpaired) electrons. The molecule has 1 aromatic heterocycles. The number of nitrogens with one attached hydrogen (secondary N) is 1. The number of pyridine rings is 1. The molecule has 7 nitrogen and oxygen atoms in total. The van der Waals surface area contributed by atoms with Crippen LogP contribution < -0.4 is 15.6 Å². The van der Waals surface area contributed by atoms with Crippen LogP contribution in [0, 0.1) is 6.92 Å². The molecular weight excluding hydrogens is 346 g/mol. The van der Waals surface area contributed by atoms with Crippen LogP contribution in [0.1, 0.15) is 28.8 Å². The predicted octanol–water partition coefficient (Wildman–Crippen LogP) is 1.95. The lowest BCUT2D eigenvalue weighted by Crippen LogP contribution is -2.31. The number of aromatic nitrogens is 1. The third-order valence-corrected chi connectivity index (χ3v) is 4.46. The fourth-order valence-corrected chi connectivity index (χ4v) is 3.06. The van der Waals surface area contributed by atoms with Crippen molar-refractivity contribution in [3.63, 3.8) is 0 Å². The standard InChI is InChI=1S/C20H23N3O4/c1-14-6-5-7-16(10-14)27-13-18(24)21-17-11-15(12-22(2)20(17)26)19(25)23-8-3-4-9-23/h5-7,10-12H,3-4,8-9,13H2,1-2H3,(H,21,24). The van der Waals surface area contributed by atoms with E-state index in [9.17, 15) is 14.4 Å². The van der Waals surface area contributed by atoms with Crippen LogP contribution in [0.3, 0.4) is 0 Å². The lowest BCUT2D eigenvalue weighted by Gasteiger charge is -2.16. The average molecular weight is 369 g/mol. The highest BCUT2D eigenvalue weighted by Crippen LogP contribution is 2.15. The van der Waals surface area contributed by atoms with Gasteiger partial charge in [0, 0.05) is 26.3 Å². The molecule has 1 aromatic carbocycles. The maximum absolute atomic E-state index is 12.6. The van der Waals surface area contributed by atoms with Crippen LogP contribution in [0.25, 0.3) is 0 Å². The molecule has 1 aliphatic rings. The molecule has 142 valence electrons. The minimum Gasteiger partial charge on any atom is -0.484 e. The van der Waals surface area contributed by atoms with E-state index in [1.165, 1.54) is 16.8 Å². The minimum absolute atomic E-state index is 0.0698. The van der Waals surface area contributed by atoms with Crippen molar-refractivity contribution in [2.24, 2.45) is 7.05 Å². The molecule has 27 heavy (non-hydrogen) atoms. The topological polar surface area (TPSA) is 80.6 Å². The van der Waals surface area contributed by atoms with Crippen LogP contribution in [-0.2, 0) is 11.8 Å². The van der Waals surface area contributed by atoms with Crippen molar-refractivity contribution in [2.75, 3.05) is 25.0 Å². The first-order valence-electron chi connectivity index (χ1n) is 8.93. The Morgan fingerprint density at radius 3 is 2.63 bits per heavy atom. The zero-order chi connectivity index (χ0) is 19.4. The summed E-state index contributed by atoms with van der Waals surface area (Å²) in [5, 5.41) is 2.55. The molecule has 2 aromatic rings. The summed E-state index contributed by atoms with van der Waals surface area (Å²) in [6.07, 6.45) is 3.47. The zero-order valence-corrected chi connectivity index (χ0v) is 15.5. The van der Waals surface area contributed by atoms with Crippen molar-refractivity contribution >= 4 is 17.5 Å². The number of likely N-dealkylation sites (tertiary alicyclic amines) is 1. The second kappa shape index (κ2) is 8.07. The van der Waals surface area contributed by atoms with Gasteiger partial charge in [0.05, 0.1) is 5.56 Å². The van der Waals surface area contributed by atoms with Crippen LogP contribution in [0.5, 0.6) is 5.75 Å². The van der Waals surface area contributed by atoms with E-state index >= 15 is 0 Å². The molecule has 0 unspecified atom stereocenters. The lowest BCUT2D eigenvalue weighted by atomic mass is 10.2. The molecule has 1 fully saturated rings. The first-order valence-corrected chi connectivity index (χ1v) is 8.93. The van der Waals surface area contributed by atoms with Gasteiger partial charge in [0.15, 0.2) is 6.61 Å². The predicted molar refractivity (Wildman–Crippen MR) is 102 cm³/mol. The van der Waals surface area contributed by atoms with Crippen molar-refractivity contribution in [1.29, 1.82) is 0 Å². The highest BCUT2D eigenvalue weighted by Gasteiger charge is 2.21. The number of aryl methyl sites for hydroxylation is 2. The van der Waals surface area contributed by atoms with Gasteiger partial charge >= 0.3 is 0 Å². The van der Waals surface area contributed by atoms with Gasteiger partial charge in [-0.15, -0.1) is 0 Å². The summed E-state index contributed by atoms with van der Waals surface area (Å²) in [5.74, 6) is -0.00926. The molecule has 3 rings (SSSR count). The largest absolute Gasteiger partial charge is 0.484 e. The Hall–Kier alpha value is -3.09. The van der Waals surface area contributed by atoms with E-state index in [2.05, 4.69) is 5.32 Å². The highest BCUT2D eigenvalue weighted by atomic mass is 16.5. The summed E-state index contributed by atoms with van der Waals surface area (Å²) in [5.41, 5.74) is 1.10. The normalized spacial score (nSPS) is 13.5. The number of amides is 2. The number of carbonyl (C=O) groups excluding carboxylic acids is 2. The van der Waals surface area contributed by atoms with E-state index < -0.39 is 5.91 Å². The third kappa shape index (κ3) is 4.55. The van der Waals surface area contributed by atoms with Crippen molar-refractivity contribution in [2.45, 2.75) is 19.8 Å². The molecule has 1 saturated heterocycles. The van der Waals surface area contributed by atoms with Gasteiger partial charge in [-0.1, -0.05) is 12.1 Å². The van der Waals surface area contributed by atoms with Crippen LogP contribution in [0.15, 0.2) is 41.3 Å². The van der Waals surface area contributed by atoms with Gasteiger partial charge in [-0.25, -0.2) is 0 Å². The number of rotatable bonds is 5. The number of hydrogen-bond donors (Lipinski definition) is 1. The van der Waals surface area contributed by atoms with Crippen molar-refractivity contribution in [3.8, 4) is 5.75 Å². The van der Waals surface area contributed by atoms with Gasteiger partial charge in [0.1, 0.15) is 11.4 Å². The zero-order valence-electron chi connectivity index (χ0n) is 15.5. The molecule has 0 bridgehead atoms. The first-order chi connectivity index (χ1) is 12.9. The Labute approximate surface area is 157 Å². The van der Waals surface area contributed by atoms with Crippen molar-refractivity contribution in [3.05, 3.63) is 58.0 Å². The van der Waals surface area contributed by atoms with E-state index in [0.29, 0.717) is 24.4 Å². The van der Waals surface area contributed by atoms with Crippen LogP contribution in [0.4, 0.5) is 5.69 Å². The first kappa shape index (κ1) is 18.7. The van der Waals surface area contributed by atoms with Gasteiger partial charge in [0.2, 0.25) is 0 Å². The van der Waals surface area contributed by atoms with E-state index in [-0.39, 0.29) is 23.8 Å². The summed E-state index contributed by atoms with van der Waals surface area (Å²) in [6, 6.07) is 8.79. The number of nitrogens with zero attached hydrogens (tertiary/aromatic N) is 2. The maximum Gasteiger partial charge on any atom is 0.274 e. The Balaban J connectivity index is 1.70. The molecule has 2 amide bonds. The summed E-state index contributed by atoms with van der Waals surface area (Å²) in [7, 11) is 1.56. The number of anilines is 1. The maximum atomic E-state index is 12.6. The van der Waals surface area contributed by atoms with Crippen LogP contribution in [0.2, 0.25) is 0 Å². The number of hydrogen-bond acceptors (Lipinski definition) is 4.